The van der Waals surface area contributed by atoms with Crippen molar-refractivity contribution in [3.63, 3.8) is 0 Å². The highest BCUT2D eigenvalue weighted by molar-refractivity contribution is 5.96. The number of unbranched alkanes of at least 4 members (excludes halogenated alkanes) is 2. The molecule has 3 rings (SSSR count). The van der Waals surface area contributed by atoms with Gasteiger partial charge in [0.15, 0.2) is 0 Å². The van der Waals surface area contributed by atoms with Gasteiger partial charge in [-0.2, -0.15) is 0 Å². The zero-order valence-electron chi connectivity index (χ0n) is 20.0. The lowest BCUT2D eigenvalue weighted by Gasteiger charge is -2.41. The van der Waals surface area contributed by atoms with Gasteiger partial charge in [-0.25, -0.2) is 0 Å². The van der Waals surface area contributed by atoms with Gasteiger partial charge in [0.25, 0.3) is 5.91 Å². The number of nitrogens with zero attached hydrogens (tertiary/aromatic N) is 1. The monoisotopic (exact) mass is 443 g/mol. The predicted molar refractivity (Wildman–Crippen MR) is 128 cm³/mol. The second kappa shape index (κ2) is 12.2. The number of ether oxygens (including phenoxy) is 1. The average molecular weight is 444 g/mol. The molecule has 2 aliphatic heterocycles. The normalized spacial score (nSPS) is 23.2. The Morgan fingerprint density at radius 2 is 1.84 bits per heavy atom. The summed E-state index contributed by atoms with van der Waals surface area (Å²) in [7, 11) is 0. The van der Waals surface area contributed by atoms with Gasteiger partial charge < -0.3 is 20.3 Å². The molecule has 2 heterocycles. The van der Waals surface area contributed by atoms with E-state index in [1.165, 1.54) is 19.3 Å². The van der Waals surface area contributed by atoms with Crippen molar-refractivity contribution in [1.29, 1.82) is 0 Å². The fraction of sp³-hybridized carbons (Fsp3) is 0.692. The van der Waals surface area contributed by atoms with Crippen LogP contribution >= 0.6 is 0 Å². The van der Waals surface area contributed by atoms with E-state index < -0.39 is 0 Å². The molecular formula is C26H41N3O3. The lowest BCUT2D eigenvalue weighted by molar-refractivity contribution is -0.135. The van der Waals surface area contributed by atoms with Gasteiger partial charge in [-0.1, -0.05) is 44.7 Å². The number of hydrogen-bond donors (Lipinski definition) is 2. The van der Waals surface area contributed by atoms with Gasteiger partial charge in [0.2, 0.25) is 5.91 Å². The summed E-state index contributed by atoms with van der Waals surface area (Å²) in [6.07, 6.45) is 9.50. The van der Waals surface area contributed by atoms with Gasteiger partial charge in [-0.05, 0) is 70.8 Å². The number of piperidine rings is 1. The van der Waals surface area contributed by atoms with Gasteiger partial charge >= 0.3 is 0 Å². The van der Waals surface area contributed by atoms with Crippen LogP contribution in [0.25, 0.3) is 0 Å². The van der Waals surface area contributed by atoms with Crippen molar-refractivity contribution < 1.29 is 14.3 Å². The minimum atomic E-state index is -0.281. The molecule has 0 aromatic heterocycles. The maximum absolute atomic E-state index is 13.5. The summed E-state index contributed by atoms with van der Waals surface area (Å²) in [4.78, 5) is 28.6. The Morgan fingerprint density at radius 3 is 2.62 bits per heavy atom. The van der Waals surface area contributed by atoms with Crippen LogP contribution < -0.4 is 15.4 Å². The maximum atomic E-state index is 13.5. The number of likely N-dealkylation sites (tertiary alicyclic amines) is 1. The molecule has 2 aliphatic rings. The Balaban J connectivity index is 1.66. The number of carbonyl (C=O) groups excluding carboxylic acids is 2. The van der Waals surface area contributed by atoms with E-state index in [9.17, 15) is 9.59 Å². The molecule has 32 heavy (non-hydrogen) atoms. The molecule has 6 heteroatoms. The Labute approximate surface area is 193 Å². The number of fused-ring (bicyclic) bond motifs is 1. The molecule has 1 aromatic rings. The number of rotatable bonds is 4. The number of hydrogen-bond acceptors (Lipinski definition) is 4. The number of nitrogens with one attached hydrogen (secondary N) is 2. The Morgan fingerprint density at radius 1 is 1.06 bits per heavy atom. The third kappa shape index (κ3) is 6.71. The molecule has 1 aromatic carbocycles. The number of amides is 2. The summed E-state index contributed by atoms with van der Waals surface area (Å²) < 4.78 is 5.96. The molecule has 2 N–H and O–H groups in total. The van der Waals surface area contributed by atoms with E-state index in [0.717, 1.165) is 58.2 Å². The largest absolute Gasteiger partial charge is 0.491 e. The average Bonchev–Trinajstić information content (AvgIpc) is 2.81. The van der Waals surface area contributed by atoms with Crippen LogP contribution in [0, 0.1) is 5.41 Å². The SMILES string of the molecule is CCCCCN1CCC2(CCCCCNC(=O)c3ccccc3OC[C@H](C)NC2=O)CC1. The highest BCUT2D eigenvalue weighted by Crippen LogP contribution is 2.37. The first-order valence-corrected chi connectivity index (χ1v) is 12.6. The molecule has 178 valence electrons. The van der Waals surface area contributed by atoms with Crippen molar-refractivity contribution in [3.05, 3.63) is 29.8 Å². The standard InChI is InChI=1S/C26H41N3O3/c1-3-4-10-17-29-18-14-26(15-19-29)13-8-5-9-16-27-24(30)22-11-6-7-12-23(22)32-20-21(2)28-25(26)31/h6-7,11-12,21H,3-5,8-10,13-20H2,1-2H3,(H,27,30)(H,28,31)/t21-/m0/s1. The fourth-order valence-corrected chi connectivity index (χ4v) is 4.86. The second-order valence-electron chi connectivity index (χ2n) is 9.58. The lowest BCUT2D eigenvalue weighted by Crippen LogP contribution is -2.51. The van der Waals surface area contributed by atoms with Gasteiger partial charge in [0.05, 0.1) is 17.0 Å². The lowest BCUT2D eigenvalue weighted by atomic mass is 9.73. The van der Waals surface area contributed by atoms with Crippen molar-refractivity contribution in [3.8, 4) is 5.75 Å². The molecule has 1 saturated heterocycles. The first-order valence-electron chi connectivity index (χ1n) is 12.6. The predicted octanol–water partition coefficient (Wildman–Crippen LogP) is 4.15. The number of benzene rings is 1. The summed E-state index contributed by atoms with van der Waals surface area (Å²) >= 11 is 0. The van der Waals surface area contributed by atoms with E-state index in [0.29, 0.717) is 24.5 Å². The van der Waals surface area contributed by atoms with E-state index in [2.05, 4.69) is 22.5 Å². The smallest absolute Gasteiger partial charge is 0.255 e. The third-order valence-corrected chi connectivity index (χ3v) is 6.99. The van der Waals surface area contributed by atoms with Gasteiger partial charge in [0, 0.05) is 6.54 Å². The zero-order chi connectivity index (χ0) is 22.8. The summed E-state index contributed by atoms with van der Waals surface area (Å²) in [5.41, 5.74) is 0.268. The summed E-state index contributed by atoms with van der Waals surface area (Å²) in [5.74, 6) is 0.648. The molecule has 2 amide bonds. The van der Waals surface area contributed by atoms with Crippen LogP contribution in [0.5, 0.6) is 5.75 Å². The molecule has 1 fully saturated rings. The third-order valence-electron chi connectivity index (χ3n) is 6.99. The van der Waals surface area contributed by atoms with Crippen LogP contribution in [0.3, 0.4) is 0 Å². The quantitative estimate of drug-likeness (QED) is 0.686. The molecule has 1 spiro atoms. The summed E-state index contributed by atoms with van der Waals surface area (Å²) in [6.45, 7) is 8.36. The first kappa shape index (κ1) is 24.6. The zero-order valence-corrected chi connectivity index (χ0v) is 20.0. The molecule has 0 unspecified atom stereocenters. The molecular weight excluding hydrogens is 402 g/mol. The van der Waals surface area contributed by atoms with Crippen LogP contribution in [0.1, 0.15) is 82.0 Å². The minimum Gasteiger partial charge on any atom is -0.491 e. The van der Waals surface area contributed by atoms with Crippen LogP contribution in [0.4, 0.5) is 0 Å². The highest BCUT2D eigenvalue weighted by Gasteiger charge is 2.41. The van der Waals surface area contributed by atoms with E-state index >= 15 is 0 Å². The van der Waals surface area contributed by atoms with Crippen molar-refractivity contribution in [2.24, 2.45) is 5.41 Å². The van der Waals surface area contributed by atoms with Gasteiger partial charge in [-0.3, -0.25) is 9.59 Å². The highest BCUT2D eigenvalue weighted by atomic mass is 16.5. The Kier molecular flexibility index (Phi) is 9.39. The molecule has 0 bridgehead atoms. The van der Waals surface area contributed by atoms with Crippen molar-refractivity contribution >= 4 is 11.8 Å². The molecule has 0 radical (unpaired) electrons. The minimum absolute atomic E-state index is 0.0981. The van der Waals surface area contributed by atoms with Crippen molar-refractivity contribution in [2.75, 3.05) is 32.8 Å². The number of carbonyl (C=O) groups is 2. The van der Waals surface area contributed by atoms with E-state index in [1.54, 1.807) is 6.07 Å². The summed E-state index contributed by atoms with van der Waals surface area (Å²) in [6, 6.07) is 7.20. The van der Waals surface area contributed by atoms with Crippen LogP contribution in [-0.2, 0) is 4.79 Å². The molecule has 6 nitrogen and oxygen atoms in total. The van der Waals surface area contributed by atoms with Gasteiger partial charge in [-0.15, -0.1) is 0 Å². The second-order valence-corrected chi connectivity index (χ2v) is 9.58. The molecule has 0 saturated carbocycles. The fourth-order valence-electron chi connectivity index (χ4n) is 4.86. The van der Waals surface area contributed by atoms with Crippen LogP contribution in [-0.4, -0.2) is 55.5 Å². The topological polar surface area (TPSA) is 70.7 Å². The summed E-state index contributed by atoms with van der Waals surface area (Å²) in [5, 5.41) is 6.26. The molecule has 0 aliphatic carbocycles. The van der Waals surface area contributed by atoms with Crippen molar-refractivity contribution in [2.45, 2.75) is 77.7 Å². The van der Waals surface area contributed by atoms with Gasteiger partial charge in [0.1, 0.15) is 12.4 Å². The van der Waals surface area contributed by atoms with E-state index in [4.69, 9.17) is 4.74 Å². The maximum Gasteiger partial charge on any atom is 0.255 e. The van der Waals surface area contributed by atoms with Crippen molar-refractivity contribution in [1.82, 2.24) is 15.5 Å². The van der Waals surface area contributed by atoms with Crippen LogP contribution in [0.2, 0.25) is 0 Å². The number of para-hydroxylation sites is 1. The first-order chi connectivity index (χ1) is 15.5. The van der Waals surface area contributed by atoms with E-state index in [1.807, 2.05) is 25.1 Å². The Bertz CT molecular complexity index is 744. The molecule has 1 atom stereocenters. The Hall–Kier alpha value is -2.08. The van der Waals surface area contributed by atoms with Crippen LogP contribution in [0.15, 0.2) is 24.3 Å². The van der Waals surface area contributed by atoms with E-state index in [-0.39, 0.29) is 23.3 Å².